The van der Waals surface area contributed by atoms with E-state index in [1.165, 1.54) is 0 Å². The van der Waals surface area contributed by atoms with Crippen LogP contribution in [0.5, 0.6) is 11.6 Å². The van der Waals surface area contributed by atoms with Crippen molar-refractivity contribution in [3.63, 3.8) is 0 Å². The summed E-state index contributed by atoms with van der Waals surface area (Å²) in [5.74, 6) is 2.66. The third kappa shape index (κ3) is 2.40. The van der Waals surface area contributed by atoms with Gasteiger partial charge in [-0.3, -0.25) is 4.57 Å². The number of ether oxygens (including phenoxy) is 2. The molecule has 0 amide bonds. The van der Waals surface area contributed by atoms with E-state index in [0.717, 1.165) is 16.9 Å². The number of halogens is 1. The van der Waals surface area contributed by atoms with Crippen LogP contribution in [-0.4, -0.2) is 28.8 Å². The summed E-state index contributed by atoms with van der Waals surface area (Å²) in [5, 5.41) is 0.656. The number of aromatic nitrogens is 3. The maximum Gasteiger partial charge on any atom is 0.218 e. The number of hydrogen-bond donors (Lipinski definition) is 0. The molecule has 0 saturated heterocycles. The molecule has 0 N–H and O–H groups in total. The first kappa shape index (κ1) is 13.7. The van der Waals surface area contributed by atoms with Crippen LogP contribution < -0.4 is 9.47 Å². The van der Waals surface area contributed by atoms with Crippen molar-refractivity contribution < 1.29 is 9.47 Å². The average molecular weight is 304 g/mol. The summed E-state index contributed by atoms with van der Waals surface area (Å²) in [6.45, 7) is 1.92. The van der Waals surface area contributed by atoms with Crippen molar-refractivity contribution in [2.75, 3.05) is 14.2 Å². The van der Waals surface area contributed by atoms with Gasteiger partial charge in [-0.15, -0.1) is 0 Å². The number of methoxy groups -OCH3 is 2. The second kappa shape index (κ2) is 5.26. The van der Waals surface area contributed by atoms with Crippen molar-refractivity contribution in [1.82, 2.24) is 14.5 Å². The minimum atomic E-state index is 0.486. The van der Waals surface area contributed by atoms with Crippen LogP contribution in [0.15, 0.2) is 30.3 Å². The number of hydrogen-bond acceptors (Lipinski definition) is 4. The van der Waals surface area contributed by atoms with E-state index in [1.807, 2.05) is 35.8 Å². The van der Waals surface area contributed by atoms with Crippen LogP contribution in [0.1, 0.15) is 5.82 Å². The molecule has 0 unspecified atom stereocenters. The van der Waals surface area contributed by atoms with Crippen molar-refractivity contribution >= 4 is 22.6 Å². The van der Waals surface area contributed by atoms with Gasteiger partial charge in [0, 0.05) is 17.2 Å². The average Bonchev–Trinajstić information content (AvgIpc) is 2.81. The molecule has 21 heavy (non-hydrogen) atoms. The molecule has 108 valence electrons. The molecule has 0 saturated carbocycles. The first-order valence-corrected chi connectivity index (χ1v) is 6.75. The van der Waals surface area contributed by atoms with Gasteiger partial charge >= 0.3 is 0 Å². The van der Waals surface area contributed by atoms with Crippen LogP contribution in [0.4, 0.5) is 0 Å². The molecule has 3 rings (SSSR count). The summed E-state index contributed by atoms with van der Waals surface area (Å²) < 4.78 is 12.5. The zero-order valence-corrected chi connectivity index (χ0v) is 12.7. The molecule has 0 bridgehead atoms. The van der Waals surface area contributed by atoms with Gasteiger partial charge in [0.05, 0.1) is 25.3 Å². The van der Waals surface area contributed by atoms with E-state index in [1.54, 1.807) is 20.3 Å². The van der Waals surface area contributed by atoms with E-state index < -0.39 is 0 Å². The maximum absolute atomic E-state index is 6.02. The molecule has 2 heterocycles. The van der Waals surface area contributed by atoms with Crippen LogP contribution in [0.3, 0.4) is 0 Å². The monoisotopic (exact) mass is 303 g/mol. The summed E-state index contributed by atoms with van der Waals surface area (Å²) in [4.78, 5) is 8.98. The first-order chi connectivity index (χ1) is 10.1. The molecule has 0 radical (unpaired) electrons. The van der Waals surface area contributed by atoms with Crippen molar-refractivity contribution in [3.05, 3.63) is 41.2 Å². The normalized spacial score (nSPS) is 10.9. The van der Waals surface area contributed by atoms with E-state index in [-0.39, 0.29) is 0 Å². The standard InChI is InChI=1S/C15H14ClN3O2/c1-9-17-12-6-10(16)4-5-13(12)19(9)14-7-11(20-2)8-15(18-14)21-3/h4-8H,1-3H3. The maximum atomic E-state index is 6.02. The zero-order valence-electron chi connectivity index (χ0n) is 11.9. The minimum Gasteiger partial charge on any atom is -0.496 e. The third-order valence-electron chi connectivity index (χ3n) is 3.22. The molecule has 0 fully saturated rings. The van der Waals surface area contributed by atoms with Gasteiger partial charge in [-0.05, 0) is 25.1 Å². The predicted molar refractivity (Wildman–Crippen MR) is 81.7 cm³/mol. The first-order valence-electron chi connectivity index (χ1n) is 6.37. The lowest BCUT2D eigenvalue weighted by atomic mass is 10.3. The number of nitrogens with zero attached hydrogens (tertiary/aromatic N) is 3. The Labute approximate surface area is 127 Å². The molecule has 3 aromatic rings. The van der Waals surface area contributed by atoms with E-state index in [0.29, 0.717) is 22.5 Å². The molecule has 0 aliphatic carbocycles. The highest BCUT2D eigenvalue weighted by molar-refractivity contribution is 6.31. The van der Waals surface area contributed by atoms with E-state index in [4.69, 9.17) is 21.1 Å². The second-order valence-electron chi connectivity index (χ2n) is 4.53. The zero-order chi connectivity index (χ0) is 15.0. The van der Waals surface area contributed by atoms with Gasteiger partial charge in [0.2, 0.25) is 5.88 Å². The van der Waals surface area contributed by atoms with Crippen LogP contribution in [-0.2, 0) is 0 Å². The lowest BCUT2D eigenvalue weighted by Crippen LogP contribution is -2.02. The summed E-state index contributed by atoms with van der Waals surface area (Å²) in [7, 11) is 3.18. The fourth-order valence-corrected chi connectivity index (χ4v) is 2.43. The summed E-state index contributed by atoms with van der Waals surface area (Å²) >= 11 is 6.02. The molecule has 0 aliphatic heterocycles. The molecule has 0 spiro atoms. The molecule has 2 aromatic heterocycles. The van der Waals surface area contributed by atoms with Gasteiger partial charge in [-0.25, -0.2) is 4.98 Å². The number of pyridine rings is 1. The number of benzene rings is 1. The molecule has 5 nitrogen and oxygen atoms in total. The van der Waals surface area contributed by atoms with Gasteiger partial charge in [-0.1, -0.05) is 11.6 Å². The van der Waals surface area contributed by atoms with Crippen molar-refractivity contribution in [3.8, 4) is 17.4 Å². The smallest absolute Gasteiger partial charge is 0.218 e. The highest BCUT2D eigenvalue weighted by atomic mass is 35.5. The van der Waals surface area contributed by atoms with Crippen molar-refractivity contribution in [2.45, 2.75) is 6.92 Å². The lowest BCUT2D eigenvalue weighted by molar-refractivity contribution is 0.381. The Morgan fingerprint density at radius 2 is 1.86 bits per heavy atom. The topological polar surface area (TPSA) is 49.2 Å². The van der Waals surface area contributed by atoms with Gasteiger partial charge in [0.15, 0.2) is 0 Å². The molecular weight excluding hydrogens is 290 g/mol. The number of fused-ring (bicyclic) bond motifs is 1. The van der Waals surface area contributed by atoms with Crippen LogP contribution in [0.2, 0.25) is 5.02 Å². The van der Waals surface area contributed by atoms with Crippen molar-refractivity contribution in [2.24, 2.45) is 0 Å². The van der Waals surface area contributed by atoms with E-state index in [2.05, 4.69) is 9.97 Å². The Hall–Kier alpha value is -2.27. The van der Waals surface area contributed by atoms with Gasteiger partial charge in [-0.2, -0.15) is 4.98 Å². The summed E-state index contributed by atoms with van der Waals surface area (Å²) in [6.07, 6.45) is 0. The van der Waals surface area contributed by atoms with Crippen molar-refractivity contribution in [1.29, 1.82) is 0 Å². The quantitative estimate of drug-likeness (QED) is 0.744. The molecule has 0 atom stereocenters. The lowest BCUT2D eigenvalue weighted by Gasteiger charge is -2.10. The Morgan fingerprint density at radius 1 is 1.05 bits per heavy atom. The largest absolute Gasteiger partial charge is 0.496 e. The molecular formula is C15H14ClN3O2. The van der Waals surface area contributed by atoms with Crippen LogP contribution in [0.25, 0.3) is 16.9 Å². The highest BCUT2D eigenvalue weighted by Crippen LogP contribution is 2.27. The fraction of sp³-hybridized carbons (Fsp3) is 0.200. The van der Waals surface area contributed by atoms with Crippen LogP contribution in [0, 0.1) is 6.92 Å². The predicted octanol–water partition coefficient (Wildman–Crippen LogP) is 3.40. The molecule has 0 aliphatic rings. The van der Waals surface area contributed by atoms with Gasteiger partial charge in [0.25, 0.3) is 0 Å². The SMILES string of the molecule is COc1cc(OC)nc(-n2c(C)nc3cc(Cl)ccc32)c1. The Morgan fingerprint density at radius 3 is 2.57 bits per heavy atom. The number of rotatable bonds is 3. The Kier molecular flexibility index (Phi) is 3.43. The number of aryl methyl sites for hydroxylation is 1. The van der Waals surface area contributed by atoms with Gasteiger partial charge in [0.1, 0.15) is 17.4 Å². The minimum absolute atomic E-state index is 0.486. The van der Waals surface area contributed by atoms with Crippen LogP contribution >= 0.6 is 11.6 Å². The highest BCUT2D eigenvalue weighted by Gasteiger charge is 2.13. The second-order valence-corrected chi connectivity index (χ2v) is 4.97. The van der Waals surface area contributed by atoms with E-state index in [9.17, 15) is 0 Å². The Balaban J connectivity index is 2.27. The Bertz CT molecular complexity index is 792. The number of imidazole rings is 1. The van der Waals surface area contributed by atoms with E-state index >= 15 is 0 Å². The fourth-order valence-electron chi connectivity index (χ4n) is 2.27. The molecule has 6 heteroatoms. The summed E-state index contributed by atoms with van der Waals surface area (Å²) in [6, 6.07) is 9.15. The summed E-state index contributed by atoms with van der Waals surface area (Å²) in [5.41, 5.74) is 1.75. The van der Waals surface area contributed by atoms with Gasteiger partial charge < -0.3 is 9.47 Å². The molecule has 1 aromatic carbocycles. The third-order valence-corrected chi connectivity index (χ3v) is 3.46.